The van der Waals surface area contributed by atoms with E-state index in [1.807, 2.05) is 25.1 Å². The van der Waals surface area contributed by atoms with Gasteiger partial charge in [-0.3, -0.25) is 4.79 Å². The fourth-order valence-corrected chi connectivity index (χ4v) is 3.62. The molecular weight excluding hydrogens is 306 g/mol. The molecule has 2 saturated carbocycles. The molecule has 5 heteroatoms. The fourth-order valence-electron chi connectivity index (χ4n) is 2.94. The van der Waals surface area contributed by atoms with Crippen molar-refractivity contribution in [3.63, 3.8) is 0 Å². The highest BCUT2D eigenvalue weighted by Gasteiger charge is 2.39. The van der Waals surface area contributed by atoms with E-state index in [-0.39, 0.29) is 5.91 Å². The van der Waals surface area contributed by atoms with Gasteiger partial charge in [-0.15, -0.1) is 11.3 Å². The van der Waals surface area contributed by atoms with Gasteiger partial charge in [0, 0.05) is 17.5 Å². The summed E-state index contributed by atoms with van der Waals surface area (Å²) in [6.07, 6.45) is 5.67. The van der Waals surface area contributed by atoms with E-state index < -0.39 is 0 Å². The molecule has 4 rings (SSSR count). The Hall–Kier alpha value is -1.72. The molecule has 0 radical (unpaired) electrons. The maximum Gasteiger partial charge on any atom is 0.256 e. The van der Waals surface area contributed by atoms with E-state index in [4.69, 9.17) is 0 Å². The number of carbonyl (C=O) groups is 1. The molecule has 1 amide bonds. The van der Waals surface area contributed by atoms with E-state index in [0.717, 1.165) is 28.0 Å². The zero-order chi connectivity index (χ0) is 15.8. The summed E-state index contributed by atoms with van der Waals surface area (Å²) in [5.74, 6) is 1.42. The molecule has 1 heterocycles. The molecule has 0 saturated heterocycles. The molecule has 0 spiro atoms. The first-order chi connectivity index (χ1) is 11.2. The SMILES string of the molecule is Cc1ncc(NC(=O)c2cccc([C@@H]3C[C@H]3NCC3CC3)c2)s1. The molecule has 1 aromatic heterocycles. The van der Waals surface area contributed by atoms with Crippen LogP contribution in [-0.4, -0.2) is 23.5 Å². The van der Waals surface area contributed by atoms with Gasteiger partial charge in [0.15, 0.2) is 0 Å². The Morgan fingerprint density at radius 2 is 2.26 bits per heavy atom. The number of rotatable bonds is 6. The van der Waals surface area contributed by atoms with Crippen LogP contribution >= 0.6 is 11.3 Å². The van der Waals surface area contributed by atoms with Crippen LogP contribution in [0.15, 0.2) is 30.5 Å². The van der Waals surface area contributed by atoms with Gasteiger partial charge < -0.3 is 10.6 Å². The van der Waals surface area contributed by atoms with Crippen molar-refractivity contribution in [1.29, 1.82) is 0 Å². The normalized spacial score (nSPS) is 22.8. The van der Waals surface area contributed by atoms with Crippen LogP contribution in [0.25, 0.3) is 0 Å². The van der Waals surface area contributed by atoms with Gasteiger partial charge in [0.05, 0.1) is 11.2 Å². The molecular formula is C18H21N3OS. The molecule has 120 valence electrons. The average Bonchev–Trinajstić information content (AvgIpc) is 3.45. The van der Waals surface area contributed by atoms with Gasteiger partial charge in [-0.2, -0.15) is 0 Å². The van der Waals surface area contributed by atoms with E-state index in [9.17, 15) is 4.79 Å². The third-order valence-corrected chi connectivity index (χ3v) is 5.42. The van der Waals surface area contributed by atoms with Crippen LogP contribution in [0.1, 0.15) is 46.1 Å². The fraction of sp³-hybridized carbons (Fsp3) is 0.444. The number of hydrogen-bond acceptors (Lipinski definition) is 4. The molecule has 2 aromatic rings. The van der Waals surface area contributed by atoms with Crippen molar-refractivity contribution >= 4 is 22.2 Å². The largest absolute Gasteiger partial charge is 0.313 e. The standard InChI is InChI=1S/C18H21N3OS/c1-11-19-10-17(23-11)21-18(22)14-4-2-3-13(7-14)15-8-16(15)20-9-12-5-6-12/h2-4,7,10,12,15-16,20H,5-6,8-9H2,1H3,(H,21,22)/t15-,16+/m0/s1. The molecule has 0 unspecified atom stereocenters. The van der Waals surface area contributed by atoms with E-state index in [1.54, 1.807) is 6.20 Å². The Balaban J connectivity index is 1.39. The highest BCUT2D eigenvalue weighted by atomic mass is 32.1. The van der Waals surface area contributed by atoms with Crippen molar-refractivity contribution < 1.29 is 4.79 Å². The van der Waals surface area contributed by atoms with Crippen LogP contribution in [0.2, 0.25) is 0 Å². The zero-order valence-corrected chi connectivity index (χ0v) is 14.0. The minimum atomic E-state index is -0.0568. The van der Waals surface area contributed by atoms with Crippen molar-refractivity contribution in [3.05, 3.63) is 46.6 Å². The number of benzene rings is 1. The lowest BCUT2D eigenvalue weighted by Gasteiger charge is -2.06. The number of nitrogens with zero attached hydrogens (tertiary/aromatic N) is 1. The van der Waals surface area contributed by atoms with Gasteiger partial charge in [0.25, 0.3) is 5.91 Å². The Labute approximate surface area is 140 Å². The molecule has 4 nitrogen and oxygen atoms in total. The number of aryl methyl sites for hydroxylation is 1. The highest BCUT2D eigenvalue weighted by Crippen LogP contribution is 2.41. The first kappa shape index (κ1) is 14.8. The van der Waals surface area contributed by atoms with Crippen LogP contribution in [0.5, 0.6) is 0 Å². The molecule has 0 bridgehead atoms. The van der Waals surface area contributed by atoms with Crippen molar-refractivity contribution in [1.82, 2.24) is 10.3 Å². The van der Waals surface area contributed by atoms with E-state index in [2.05, 4.69) is 21.7 Å². The zero-order valence-electron chi connectivity index (χ0n) is 13.2. The summed E-state index contributed by atoms with van der Waals surface area (Å²) < 4.78 is 0. The molecule has 2 atom stereocenters. The lowest BCUT2D eigenvalue weighted by molar-refractivity contribution is 0.102. The van der Waals surface area contributed by atoms with Crippen LogP contribution in [0, 0.1) is 12.8 Å². The monoisotopic (exact) mass is 327 g/mol. The molecule has 23 heavy (non-hydrogen) atoms. The average molecular weight is 327 g/mol. The number of aromatic nitrogens is 1. The van der Waals surface area contributed by atoms with E-state index in [1.165, 1.54) is 36.2 Å². The van der Waals surface area contributed by atoms with Crippen molar-refractivity contribution in [3.8, 4) is 0 Å². The highest BCUT2D eigenvalue weighted by molar-refractivity contribution is 7.15. The number of hydrogen-bond donors (Lipinski definition) is 2. The summed E-state index contributed by atoms with van der Waals surface area (Å²) in [6.45, 7) is 3.09. The van der Waals surface area contributed by atoms with Gasteiger partial charge in [-0.25, -0.2) is 4.98 Å². The number of nitrogens with one attached hydrogen (secondary N) is 2. The third kappa shape index (κ3) is 3.62. The predicted octanol–water partition coefficient (Wildman–Crippen LogP) is 3.56. The Bertz CT molecular complexity index is 723. The van der Waals surface area contributed by atoms with Gasteiger partial charge in [-0.1, -0.05) is 12.1 Å². The first-order valence-electron chi connectivity index (χ1n) is 8.26. The van der Waals surface area contributed by atoms with Gasteiger partial charge >= 0.3 is 0 Å². The molecule has 2 aliphatic carbocycles. The van der Waals surface area contributed by atoms with E-state index in [0.29, 0.717) is 12.0 Å². The van der Waals surface area contributed by atoms with Crippen molar-refractivity contribution in [2.75, 3.05) is 11.9 Å². The topological polar surface area (TPSA) is 54.0 Å². The number of thiazole rings is 1. The molecule has 2 aliphatic rings. The number of amides is 1. The van der Waals surface area contributed by atoms with Gasteiger partial charge in [0.1, 0.15) is 5.00 Å². The second-order valence-electron chi connectivity index (χ2n) is 6.62. The van der Waals surface area contributed by atoms with Crippen LogP contribution in [0.4, 0.5) is 5.00 Å². The minimum Gasteiger partial charge on any atom is -0.313 e. The van der Waals surface area contributed by atoms with Crippen LogP contribution < -0.4 is 10.6 Å². The third-order valence-electron chi connectivity index (χ3n) is 4.59. The molecule has 0 aliphatic heterocycles. The number of carbonyl (C=O) groups excluding carboxylic acids is 1. The Kier molecular flexibility index (Phi) is 3.91. The summed E-state index contributed by atoms with van der Waals surface area (Å²) in [7, 11) is 0. The number of anilines is 1. The second kappa shape index (κ2) is 6.06. The second-order valence-corrected chi connectivity index (χ2v) is 7.86. The molecule has 1 aromatic carbocycles. The Morgan fingerprint density at radius 1 is 1.39 bits per heavy atom. The van der Waals surface area contributed by atoms with Crippen LogP contribution in [0.3, 0.4) is 0 Å². The summed E-state index contributed by atoms with van der Waals surface area (Å²) in [4.78, 5) is 16.5. The van der Waals surface area contributed by atoms with Crippen molar-refractivity contribution in [2.24, 2.45) is 5.92 Å². The predicted molar refractivity (Wildman–Crippen MR) is 93.1 cm³/mol. The van der Waals surface area contributed by atoms with Gasteiger partial charge in [-0.05, 0) is 56.3 Å². The lowest BCUT2D eigenvalue weighted by Crippen LogP contribution is -2.20. The Morgan fingerprint density at radius 3 is 3.00 bits per heavy atom. The first-order valence-corrected chi connectivity index (χ1v) is 9.08. The van der Waals surface area contributed by atoms with Crippen molar-refractivity contribution in [2.45, 2.75) is 38.1 Å². The maximum absolute atomic E-state index is 12.4. The summed E-state index contributed by atoms with van der Waals surface area (Å²) in [5, 5.41) is 8.33. The minimum absolute atomic E-state index is 0.0568. The molecule has 2 N–H and O–H groups in total. The maximum atomic E-state index is 12.4. The van der Waals surface area contributed by atoms with Gasteiger partial charge in [0.2, 0.25) is 0 Å². The van der Waals surface area contributed by atoms with E-state index >= 15 is 0 Å². The summed E-state index contributed by atoms with van der Waals surface area (Å²) in [6, 6.07) is 8.63. The van der Waals surface area contributed by atoms with Crippen LogP contribution in [-0.2, 0) is 0 Å². The smallest absolute Gasteiger partial charge is 0.256 e. The lowest BCUT2D eigenvalue weighted by atomic mass is 10.1. The summed E-state index contributed by atoms with van der Waals surface area (Å²) in [5.41, 5.74) is 1.99. The summed E-state index contributed by atoms with van der Waals surface area (Å²) >= 11 is 1.50. The quantitative estimate of drug-likeness (QED) is 0.853. The molecule has 2 fully saturated rings.